The van der Waals surface area contributed by atoms with Crippen LogP contribution in [0, 0.1) is 0 Å². The Morgan fingerprint density at radius 2 is 1.84 bits per heavy atom. The molecule has 6 nitrogen and oxygen atoms in total. The number of anilines is 1. The number of nitrogens with zero attached hydrogens (tertiary/aromatic N) is 5. The van der Waals surface area contributed by atoms with Gasteiger partial charge in [0.05, 0.1) is 11.4 Å². The lowest BCUT2D eigenvalue weighted by Gasteiger charge is -2.34. The molecular formula is C19H21N5O. The molecule has 2 fully saturated rings. The molecule has 5 rings (SSSR count). The van der Waals surface area contributed by atoms with E-state index in [-0.39, 0.29) is 0 Å². The predicted molar refractivity (Wildman–Crippen MR) is 95.1 cm³/mol. The van der Waals surface area contributed by atoms with Gasteiger partial charge < -0.3 is 10.0 Å². The normalized spacial score (nSPS) is 18.8. The van der Waals surface area contributed by atoms with Gasteiger partial charge in [0.1, 0.15) is 12.1 Å². The molecule has 0 spiro atoms. The molecule has 2 aliphatic rings. The number of benzene rings is 1. The Kier molecular flexibility index (Phi) is 3.36. The summed E-state index contributed by atoms with van der Waals surface area (Å²) >= 11 is 0. The summed E-state index contributed by atoms with van der Waals surface area (Å²) in [6.07, 6.45) is 6.32. The van der Waals surface area contributed by atoms with Crippen molar-refractivity contribution in [3.63, 3.8) is 0 Å². The lowest BCUT2D eigenvalue weighted by Crippen LogP contribution is -2.33. The molecule has 0 unspecified atom stereocenters. The minimum Gasteiger partial charge on any atom is -0.508 e. The standard InChI is InChI=1S/C19H21N5O/c25-16-3-1-2-15(10-16)13-6-8-23(9-7-13)18-11-17(14-4-5-14)22-24-12-20-21-19(18)24/h1-3,10-14,25H,4-9H2. The Hall–Kier alpha value is -2.63. The molecule has 2 aromatic heterocycles. The highest BCUT2D eigenvalue weighted by Crippen LogP contribution is 2.41. The molecule has 0 radical (unpaired) electrons. The van der Waals surface area contributed by atoms with Crippen molar-refractivity contribution in [3.8, 4) is 5.75 Å². The van der Waals surface area contributed by atoms with E-state index in [1.165, 1.54) is 18.4 Å². The molecule has 1 saturated carbocycles. The van der Waals surface area contributed by atoms with Crippen LogP contribution in [0.15, 0.2) is 36.7 Å². The van der Waals surface area contributed by atoms with Crippen LogP contribution in [0.5, 0.6) is 5.75 Å². The van der Waals surface area contributed by atoms with Gasteiger partial charge in [-0.05, 0) is 55.4 Å². The topological polar surface area (TPSA) is 66.5 Å². The zero-order chi connectivity index (χ0) is 16.8. The third kappa shape index (κ3) is 2.71. The zero-order valence-corrected chi connectivity index (χ0v) is 14.0. The van der Waals surface area contributed by atoms with Crippen LogP contribution in [0.25, 0.3) is 5.65 Å². The molecule has 25 heavy (non-hydrogen) atoms. The molecule has 1 N–H and O–H groups in total. The molecular weight excluding hydrogens is 314 g/mol. The van der Waals surface area contributed by atoms with Gasteiger partial charge in [0.2, 0.25) is 5.65 Å². The molecule has 0 atom stereocenters. The van der Waals surface area contributed by atoms with Crippen molar-refractivity contribution in [1.82, 2.24) is 19.8 Å². The van der Waals surface area contributed by atoms with Crippen LogP contribution in [0.3, 0.4) is 0 Å². The fourth-order valence-corrected chi connectivity index (χ4v) is 3.87. The Labute approximate surface area is 146 Å². The first-order chi connectivity index (χ1) is 12.3. The SMILES string of the molecule is Oc1cccc(C2CCN(c3cc(C4CC4)nn4cnnc34)CC2)c1. The molecule has 128 valence electrons. The van der Waals surface area contributed by atoms with Gasteiger partial charge in [0.15, 0.2) is 0 Å². The first kappa shape index (κ1) is 14.7. The number of phenolic OH excluding ortho intramolecular Hbond substituents is 1. The Bertz CT molecular complexity index is 909. The van der Waals surface area contributed by atoms with E-state index in [1.807, 2.05) is 16.6 Å². The largest absolute Gasteiger partial charge is 0.508 e. The van der Waals surface area contributed by atoms with Gasteiger partial charge in [-0.15, -0.1) is 10.2 Å². The van der Waals surface area contributed by atoms with E-state index in [9.17, 15) is 5.11 Å². The average molecular weight is 335 g/mol. The molecule has 1 saturated heterocycles. The number of piperidine rings is 1. The Morgan fingerprint density at radius 1 is 1.00 bits per heavy atom. The lowest BCUT2D eigenvalue weighted by atomic mass is 9.89. The van der Waals surface area contributed by atoms with Gasteiger partial charge >= 0.3 is 0 Å². The predicted octanol–water partition coefficient (Wildman–Crippen LogP) is 3.09. The summed E-state index contributed by atoms with van der Waals surface area (Å²) in [5.41, 5.74) is 4.40. The summed E-state index contributed by atoms with van der Waals surface area (Å²) in [7, 11) is 0. The van der Waals surface area contributed by atoms with Crippen molar-refractivity contribution in [3.05, 3.63) is 47.9 Å². The molecule has 6 heteroatoms. The molecule has 0 amide bonds. The highest BCUT2D eigenvalue weighted by Gasteiger charge is 2.29. The van der Waals surface area contributed by atoms with Crippen molar-refractivity contribution in [2.75, 3.05) is 18.0 Å². The number of aromatic hydroxyl groups is 1. The van der Waals surface area contributed by atoms with Crippen molar-refractivity contribution in [1.29, 1.82) is 0 Å². The van der Waals surface area contributed by atoms with Crippen molar-refractivity contribution >= 4 is 11.3 Å². The third-order valence-corrected chi connectivity index (χ3v) is 5.44. The Balaban J connectivity index is 1.40. The van der Waals surface area contributed by atoms with E-state index in [0.717, 1.165) is 43.0 Å². The van der Waals surface area contributed by atoms with Crippen molar-refractivity contribution in [2.24, 2.45) is 0 Å². The molecule has 1 aliphatic carbocycles. The van der Waals surface area contributed by atoms with Crippen LogP contribution in [0.1, 0.15) is 48.8 Å². The van der Waals surface area contributed by atoms with E-state index in [4.69, 9.17) is 0 Å². The van der Waals surface area contributed by atoms with Gasteiger partial charge in [0, 0.05) is 19.0 Å². The third-order valence-electron chi connectivity index (χ3n) is 5.44. The van der Waals surface area contributed by atoms with Crippen molar-refractivity contribution < 1.29 is 5.11 Å². The first-order valence-corrected chi connectivity index (χ1v) is 9.03. The second-order valence-electron chi connectivity index (χ2n) is 7.18. The molecule has 3 aromatic rings. The smallest absolute Gasteiger partial charge is 0.200 e. The van der Waals surface area contributed by atoms with Crippen LogP contribution in [-0.2, 0) is 0 Å². The van der Waals surface area contributed by atoms with E-state index >= 15 is 0 Å². The van der Waals surface area contributed by atoms with Crippen LogP contribution in [0.2, 0.25) is 0 Å². The van der Waals surface area contributed by atoms with E-state index < -0.39 is 0 Å². The number of phenols is 1. The molecule has 0 bridgehead atoms. The summed E-state index contributed by atoms with van der Waals surface area (Å²) in [6, 6.07) is 9.90. The number of hydrogen-bond acceptors (Lipinski definition) is 5. The van der Waals surface area contributed by atoms with E-state index in [2.05, 4.69) is 32.3 Å². The van der Waals surface area contributed by atoms with Crippen LogP contribution >= 0.6 is 0 Å². The number of rotatable bonds is 3. The summed E-state index contributed by atoms with van der Waals surface area (Å²) in [5.74, 6) is 1.46. The monoisotopic (exact) mass is 335 g/mol. The van der Waals surface area contributed by atoms with Gasteiger partial charge in [-0.1, -0.05) is 12.1 Å². The Morgan fingerprint density at radius 3 is 2.60 bits per heavy atom. The maximum Gasteiger partial charge on any atom is 0.200 e. The highest BCUT2D eigenvalue weighted by molar-refractivity contribution is 5.68. The van der Waals surface area contributed by atoms with Gasteiger partial charge in [-0.2, -0.15) is 9.61 Å². The van der Waals surface area contributed by atoms with Gasteiger partial charge in [-0.3, -0.25) is 0 Å². The average Bonchev–Trinajstić information content (AvgIpc) is 3.39. The summed E-state index contributed by atoms with van der Waals surface area (Å²) in [4.78, 5) is 2.41. The molecule has 3 heterocycles. The minimum absolute atomic E-state index is 0.355. The molecule has 1 aromatic carbocycles. The second-order valence-corrected chi connectivity index (χ2v) is 7.18. The minimum atomic E-state index is 0.355. The lowest BCUT2D eigenvalue weighted by molar-refractivity contribution is 0.468. The van der Waals surface area contributed by atoms with Gasteiger partial charge in [0.25, 0.3) is 0 Å². The summed E-state index contributed by atoms with van der Waals surface area (Å²) in [5, 5.41) is 22.7. The highest BCUT2D eigenvalue weighted by atomic mass is 16.3. The summed E-state index contributed by atoms with van der Waals surface area (Å²) < 4.78 is 1.82. The zero-order valence-electron chi connectivity index (χ0n) is 14.0. The van der Waals surface area contributed by atoms with Crippen LogP contribution < -0.4 is 4.90 Å². The van der Waals surface area contributed by atoms with Crippen molar-refractivity contribution in [2.45, 2.75) is 37.5 Å². The van der Waals surface area contributed by atoms with E-state index in [0.29, 0.717) is 17.6 Å². The van der Waals surface area contributed by atoms with Gasteiger partial charge in [-0.25, -0.2) is 0 Å². The van der Waals surface area contributed by atoms with E-state index in [1.54, 1.807) is 12.4 Å². The number of hydrogen-bond donors (Lipinski definition) is 1. The quantitative estimate of drug-likeness (QED) is 0.797. The second kappa shape index (κ2) is 5.72. The number of aromatic nitrogens is 4. The molecule has 1 aliphatic heterocycles. The maximum absolute atomic E-state index is 9.72. The summed E-state index contributed by atoms with van der Waals surface area (Å²) in [6.45, 7) is 1.97. The van der Waals surface area contributed by atoms with Crippen LogP contribution in [0.4, 0.5) is 5.69 Å². The number of fused-ring (bicyclic) bond motifs is 1. The van der Waals surface area contributed by atoms with Crippen LogP contribution in [-0.4, -0.2) is 38.0 Å². The first-order valence-electron chi connectivity index (χ1n) is 9.03. The fraction of sp³-hybridized carbons (Fsp3) is 0.421. The fourth-order valence-electron chi connectivity index (χ4n) is 3.87. The maximum atomic E-state index is 9.72.